The Morgan fingerprint density at radius 2 is 1.57 bits per heavy atom. The molecule has 0 fully saturated rings. The van der Waals surface area contributed by atoms with Crippen LogP contribution in [0.2, 0.25) is 0 Å². The molecule has 5 heteroatoms. The van der Waals surface area contributed by atoms with Crippen molar-refractivity contribution in [3.63, 3.8) is 0 Å². The van der Waals surface area contributed by atoms with Crippen LogP contribution in [-0.2, 0) is 4.79 Å². The van der Waals surface area contributed by atoms with Gasteiger partial charge in [-0.1, -0.05) is 70.4 Å². The van der Waals surface area contributed by atoms with Crippen molar-refractivity contribution >= 4 is 11.7 Å². The Bertz CT molecular complexity index is 484. The zero-order valence-corrected chi connectivity index (χ0v) is 13.9. The van der Waals surface area contributed by atoms with Gasteiger partial charge in [-0.3, -0.25) is 14.9 Å². The number of carboxylic acid groups (broad SMARTS) is 1. The van der Waals surface area contributed by atoms with Crippen molar-refractivity contribution in [2.24, 2.45) is 0 Å². The molecule has 1 aromatic carbocycles. The Balaban J connectivity index is 2.38. The van der Waals surface area contributed by atoms with Gasteiger partial charge >= 0.3 is 5.97 Å². The molecule has 0 aromatic heterocycles. The Hall–Kier alpha value is -1.91. The lowest BCUT2D eigenvalue weighted by Crippen LogP contribution is -2.11. The minimum atomic E-state index is -0.859. The summed E-state index contributed by atoms with van der Waals surface area (Å²) in [5.74, 6) is -1.43. The fourth-order valence-corrected chi connectivity index (χ4v) is 2.74. The SMILES string of the molecule is CCCCCCCCCCC(C(=O)O)c1ccc([N+](=O)[O-])cc1. The van der Waals surface area contributed by atoms with Crippen LogP contribution in [0.5, 0.6) is 0 Å². The Morgan fingerprint density at radius 1 is 1.04 bits per heavy atom. The van der Waals surface area contributed by atoms with E-state index in [1.54, 1.807) is 12.1 Å². The highest BCUT2D eigenvalue weighted by Gasteiger charge is 2.20. The third-order valence-electron chi connectivity index (χ3n) is 4.15. The van der Waals surface area contributed by atoms with E-state index in [1.165, 1.54) is 44.2 Å². The van der Waals surface area contributed by atoms with E-state index in [2.05, 4.69) is 6.92 Å². The first-order valence-electron chi connectivity index (χ1n) is 8.53. The van der Waals surface area contributed by atoms with Crippen molar-refractivity contribution in [2.45, 2.75) is 70.6 Å². The number of nitro groups is 1. The molecule has 0 radical (unpaired) electrons. The lowest BCUT2D eigenvalue weighted by Gasteiger charge is -2.12. The Kier molecular flexibility index (Phi) is 8.95. The zero-order chi connectivity index (χ0) is 17.1. The van der Waals surface area contributed by atoms with Gasteiger partial charge in [0, 0.05) is 12.1 Å². The predicted octanol–water partition coefficient (Wildman–Crippen LogP) is 5.29. The first-order chi connectivity index (χ1) is 11.1. The van der Waals surface area contributed by atoms with E-state index in [1.807, 2.05) is 0 Å². The van der Waals surface area contributed by atoms with Crippen LogP contribution in [-0.4, -0.2) is 16.0 Å². The number of unbranched alkanes of at least 4 members (excludes halogenated alkanes) is 7. The van der Waals surface area contributed by atoms with Gasteiger partial charge in [0.25, 0.3) is 5.69 Å². The van der Waals surface area contributed by atoms with Crippen molar-refractivity contribution in [3.05, 3.63) is 39.9 Å². The van der Waals surface area contributed by atoms with Crippen LogP contribution in [0.1, 0.15) is 76.2 Å². The summed E-state index contributed by atoms with van der Waals surface area (Å²) in [4.78, 5) is 21.6. The molecule has 0 amide bonds. The second kappa shape index (κ2) is 10.8. The second-order valence-electron chi connectivity index (χ2n) is 6.00. The van der Waals surface area contributed by atoms with E-state index >= 15 is 0 Å². The standard InChI is InChI=1S/C18H27NO4/c1-2-3-4-5-6-7-8-9-10-17(18(20)21)15-11-13-16(14-12-15)19(22)23/h11-14,17H,2-10H2,1H3,(H,20,21). The van der Waals surface area contributed by atoms with Crippen LogP contribution in [0.25, 0.3) is 0 Å². The molecule has 0 aliphatic heterocycles. The molecule has 1 unspecified atom stereocenters. The molecule has 1 rings (SSSR count). The van der Waals surface area contributed by atoms with E-state index < -0.39 is 16.8 Å². The first-order valence-corrected chi connectivity index (χ1v) is 8.53. The van der Waals surface area contributed by atoms with E-state index in [9.17, 15) is 20.0 Å². The lowest BCUT2D eigenvalue weighted by atomic mass is 9.93. The van der Waals surface area contributed by atoms with Gasteiger partial charge in [0.05, 0.1) is 10.8 Å². The molecule has 0 aliphatic carbocycles. The lowest BCUT2D eigenvalue weighted by molar-refractivity contribution is -0.384. The van der Waals surface area contributed by atoms with E-state index in [0.717, 1.165) is 19.3 Å². The van der Waals surface area contributed by atoms with Crippen molar-refractivity contribution in [1.82, 2.24) is 0 Å². The van der Waals surface area contributed by atoms with Gasteiger partial charge in [-0.05, 0) is 12.0 Å². The largest absolute Gasteiger partial charge is 0.481 e. The smallest absolute Gasteiger partial charge is 0.310 e. The number of non-ortho nitro benzene ring substituents is 1. The van der Waals surface area contributed by atoms with E-state index in [-0.39, 0.29) is 5.69 Å². The monoisotopic (exact) mass is 321 g/mol. The van der Waals surface area contributed by atoms with Gasteiger partial charge in [0.2, 0.25) is 0 Å². The highest BCUT2D eigenvalue weighted by molar-refractivity contribution is 5.76. The predicted molar refractivity (Wildman–Crippen MR) is 90.7 cm³/mol. The number of aliphatic carboxylic acids is 1. The van der Waals surface area contributed by atoms with Crippen LogP contribution in [0.4, 0.5) is 5.69 Å². The van der Waals surface area contributed by atoms with E-state index in [4.69, 9.17) is 0 Å². The molecule has 0 bridgehead atoms. The molecule has 23 heavy (non-hydrogen) atoms. The molecule has 5 nitrogen and oxygen atoms in total. The first kappa shape index (κ1) is 19.1. The summed E-state index contributed by atoms with van der Waals surface area (Å²) in [5, 5.41) is 20.0. The van der Waals surface area contributed by atoms with Crippen LogP contribution in [0.15, 0.2) is 24.3 Å². The van der Waals surface area contributed by atoms with Gasteiger partial charge in [0.15, 0.2) is 0 Å². The number of hydrogen-bond acceptors (Lipinski definition) is 3. The summed E-state index contributed by atoms with van der Waals surface area (Å²) in [6.45, 7) is 2.20. The number of benzene rings is 1. The summed E-state index contributed by atoms with van der Waals surface area (Å²) in [6, 6.07) is 5.86. The number of carbonyl (C=O) groups is 1. The van der Waals surface area contributed by atoms with Crippen molar-refractivity contribution in [3.8, 4) is 0 Å². The van der Waals surface area contributed by atoms with Gasteiger partial charge < -0.3 is 5.11 Å². The molecule has 1 N–H and O–H groups in total. The minimum absolute atomic E-state index is 0.00929. The number of nitrogens with zero attached hydrogens (tertiary/aromatic N) is 1. The topological polar surface area (TPSA) is 80.4 Å². The third kappa shape index (κ3) is 7.26. The quantitative estimate of drug-likeness (QED) is 0.322. The van der Waals surface area contributed by atoms with Crippen LogP contribution in [0, 0.1) is 10.1 Å². The van der Waals surface area contributed by atoms with Crippen LogP contribution in [0.3, 0.4) is 0 Å². The normalized spacial score (nSPS) is 12.0. The third-order valence-corrected chi connectivity index (χ3v) is 4.15. The van der Waals surface area contributed by atoms with Gasteiger partial charge in [0.1, 0.15) is 0 Å². The molecule has 0 heterocycles. The maximum absolute atomic E-state index is 11.4. The fraction of sp³-hybridized carbons (Fsp3) is 0.611. The highest BCUT2D eigenvalue weighted by Crippen LogP contribution is 2.25. The molecule has 0 aliphatic rings. The molecule has 1 aromatic rings. The molecule has 0 saturated heterocycles. The minimum Gasteiger partial charge on any atom is -0.481 e. The molecule has 0 spiro atoms. The Morgan fingerprint density at radius 3 is 2.04 bits per heavy atom. The van der Waals surface area contributed by atoms with Crippen molar-refractivity contribution < 1.29 is 14.8 Å². The molecular formula is C18H27NO4. The summed E-state index contributed by atoms with van der Waals surface area (Å²) < 4.78 is 0. The maximum atomic E-state index is 11.4. The second-order valence-corrected chi connectivity index (χ2v) is 6.00. The number of carboxylic acids is 1. The summed E-state index contributed by atoms with van der Waals surface area (Å²) >= 11 is 0. The zero-order valence-electron chi connectivity index (χ0n) is 13.9. The molecular weight excluding hydrogens is 294 g/mol. The van der Waals surface area contributed by atoms with Crippen molar-refractivity contribution in [2.75, 3.05) is 0 Å². The molecule has 1 atom stereocenters. The number of rotatable bonds is 12. The summed E-state index contributed by atoms with van der Waals surface area (Å²) in [5.41, 5.74) is 0.635. The average Bonchev–Trinajstić information content (AvgIpc) is 2.53. The number of nitro benzene ring substituents is 1. The van der Waals surface area contributed by atoms with Gasteiger partial charge in [-0.25, -0.2) is 0 Å². The van der Waals surface area contributed by atoms with Crippen molar-refractivity contribution in [1.29, 1.82) is 0 Å². The summed E-state index contributed by atoms with van der Waals surface area (Å²) in [6.07, 6.45) is 9.96. The highest BCUT2D eigenvalue weighted by atomic mass is 16.6. The van der Waals surface area contributed by atoms with E-state index in [0.29, 0.717) is 12.0 Å². The fourth-order valence-electron chi connectivity index (χ4n) is 2.74. The van der Waals surface area contributed by atoms with Gasteiger partial charge in [-0.15, -0.1) is 0 Å². The van der Waals surface area contributed by atoms with Crippen LogP contribution >= 0.6 is 0 Å². The number of hydrogen-bond donors (Lipinski definition) is 1. The Labute approximate surface area is 137 Å². The summed E-state index contributed by atoms with van der Waals surface area (Å²) in [7, 11) is 0. The molecule has 0 saturated carbocycles. The van der Waals surface area contributed by atoms with Gasteiger partial charge in [-0.2, -0.15) is 0 Å². The van der Waals surface area contributed by atoms with Crippen LogP contribution < -0.4 is 0 Å². The molecule has 128 valence electrons. The average molecular weight is 321 g/mol. The maximum Gasteiger partial charge on any atom is 0.310 e.